The van der Waals surface area contributed by atoms with Gasteiger partial charge in [0.1, 0.15) is 0 Å². The van der Waals surface area contributed by atoms with Gasteiger partial charge in [-0.1, -0.05) is 11.6 Å². The van der Waals surface area contributed by atoms with Crippen LogP contribution in [0.25, 0.3) is 0 Å². The molecule has 1 heterocycles. The molecule has 1 aromatic carbocycles. The molecule has 1 amide bonds. The molecule has 1 aromatic heterocycles. The normalized spacial score (nSPS) is 13.7. The lowest BCUT2D eigenvalue weighted by molar-refractivity contribution is 0.102. The number of hydrogen-bond acceptors (Lipinski definition) is 4. The first-order chi connectivity index (χ1) is 11.5. The van der Waals surface area contributed by atoms with Gasteiger partial charge in [0.2, 0.25) is 0 Å². The minimum absolute atomic E-state index is 0.256. The minimum Gasteiger partial charge on any atom is -0.493 e. The number of methoxy groups -OCH3 is 1. The van der Waals surface area contributed by atoms with Crippen LogP contribution in [0.3, 0.4) is 0 Å². The highest BCUT2D eigenvalue weighted by atomic mass is 35.5. The molecule has 1 fully saturated rings. The van der Waals surface area contributed by atoms with E-state index in [1.807, 2.05) is 18.7 Å². The molecule has 0 radical (unpaired) electrons. The van der Waals surface area contributed by atoms with Crippen LogP contribution >= 0.6 is 11.6 Å². The third kappa shape index (κ3) is 3.19. The summed E-state index contributed by atoms with van der Waals surface area (Å²) in [5, 5.41) is 7.51. The van der Waals surface area contributed by atoms with Crippen LogP contribution in [0.5, 0.6) is 11.5 Å². The van der Waals surface area contributed by atoms with Crippen LogP contribution in [0.15, 0.2) is 18.3 Å². The lowest BCUT2D eigenvalue weighted by Gasteiger charge is -2.13. The van der Waals surface area contributed by atoms with Gasteiger partial charge in [0.05, 0.1) is 36.3 Å². The quantitative estimate of drug-likeness (QED) is 0.865. The second kappa shape index (κ2) is 6.73. The summed E-state index contributed by atoms with van der Waals surface area (Å²) in [6.07, 6.45) is 3.94. The molecule has 3 rings (SSSR count). The third-order valence-electron chi connectivity index (χ3n) is 3.98. The van der Waals surface area contributed by atoms with E-state index in [0.29, 0.717) is 34.6 Å². The number of nitrogens with one attached hydrogen (secondary N) is 1. The summed E-state index contributed by atoms with van der Waals surface area (Å²) >= 11 is 6.23. The number of rotatable bonds is 6. The Kier molecular flexibility index (Phi) is 4.66. The van der Waals surface area contributed by atoms with Crippen molar-refractivity contribution in [1.82, 2.24) is 9.78 Å². The van der Waals surface area contributed by atoms with E-state index >= 15 is 0 Å². The van der Waals surface area contributed by atoms with E-state index in [9.17, 15) is 4.79 Å². The smallest absolute Gasteiger partial charge is 0.255 e. The fourth-order valence-corrected chi connectivity index (χ4v) is 2.98. The Morgan fingerprint density at radius 3 is 2.83 bits per heavy atom. The molecule has 6 nitrogen and oxygen atoms in total. The second-order valence-corrected chi connectivity index (χ2v) is 6.13. The van der Waals surface area contributed by atoms with Crippen molar-refractivity contribution in [2.24, 2.45) is 7.05 Å². The van der Waals surface area contributed by atoms with Crippen LogP contribution in [0.2, 0.25) is 5.02 Å². The Morgan fingerprint density at radius 2 is 2.21 bits per heavy atom. The Morgan fingerprint density at radius 1 is 1.46 bits per heavy atom. The first kappa shape index (κ1) is 16.6. The van der Waals surface area contributed by atoms with Crippen LogP contribution in [0, 0.1) is 0 Å². The molecule has 0 atom stereocenters. The first-order valence-electron chi connectivity index (χ1n) is 7.88. The molecule has 1 saturated carbocycles. The first-order valence-corrected chi connectivity index (χ1v) is 8.26. The van der Waals surface area contributed by atoms with Gasteiger partial charge < -0.3 is 14.8 Å². The predicted octanol–water partition coefficient (Wildman–Crippen LogP) is 3.61. The molecular formula is C17H20ClN3O3. The van der Waals surface area contributed by atoms with Crippen LogP contribution in [-0.4, -0.2) is 29.4 Å². The molecule has 2 aromatic rings. The highest BCUT2D eigenvalue weighted by Gasteiger charge is 2.30. The average Bonchev–Trinajstić information content (AvgIpc) is 3.33. The summed E-state index contributed by atoms with van der Waals surface area (Å²) < 4.78 is 12.6. The fourth-order valence-electron chi connectivity index (χ4n) is 2.71. The van der Waals surface area contributed by atoms with Gasteiger partial charge in [0.25, 0.3) is 5.91 Å². The van der Waals surface area contributed by atoms with E-state index in [4.69, 9.17) is 21.1 Å². The summed E-state index contributed by atoms with van der Waals surface area (Å²) in [5.41, 5.74) is 2.22. The van der Waals surface area contributed by atoms with Gasteiger partial charge in [-0.3, -0.25) is 9.48 Å². The zero-order chi connectivity index (χ0) is 17.3. The molecule has 0 spiro atoms. The SMILES string of the molecule is CCOc1c(Cl)cc(C(=O)Nc2cnn(C)c2C2CC2)cc1OC. The zero-order valence-corrected chi connectivity index (χ0v) is 14.7. The van der Waals surface area contributed by atoms with Crippen LogP contribution in [0.4, 0.5) is 5.69 Å². The molecule has 0 aliphatic heterocycles. The molecule has 128 valence electrons. The predicted molar refractivity (Wildman–Crippen MR) is 92.3 cm³/mol. The maximum absolute atomic E-state index is 12.6. The van der Waals surface area contributed by atoms with Crippen molar-refractivity contribution in [2.45, 2.75) is 25.7 Å². The van der Waals surface area contributed by atoms with Crippen molar-refractivity contribution in [3.63, 3.8) is 0 Å². The Labute approximate surface area is 145 Å². The minimum atomic E-state index is -0.256. The van der Waals surface area contributed by atoms with Crippen LogP contribution in [0.1, 0.15) is 41.7 Å². The van der Waals surface area contributed by atoms with E-state index in [1.165, 1.54) is 7.11 Å². The van der Waals surface area contributed by atoms with Crippen LogP contribution < -0.4 is 14.8 Å². The number of carbonyl (C=O) groups is 1. The van der Waals surface area contributed by atoms with Crippen molar-refractivity contribution in [3.8, 4) is 11.5 Å². The van der Waals surface area contributed by atoms with E-state index in [-0.39, 0.29) is 5.91 Å². The third-order valence-corrected chi connectivity index (χ3v) is 4.26. The number of amides is 1. The van der Waals surface area contributed by atoms with Gasteiger partial charge in [0, 0.05) is 18.5 Å². The number of hydrogen-bond donors (Lipinski definition) is 1. The number of ether oxygens (including phenoxy) is 2. The number of benzene rings is 1. The average molecular weight is 350 g/mol. The highest BCUT2D eigenvalue weighted by molar-refractivity contribution is 6.32. The topological polar surface area (TPSA) is 65.4 Å². The Bertz CT molecular complexity index is 769. The van der Waals surface area contributed by atoms with Crippen molar-refractivity contribution in [2.75, 3.05) is 19.0 Å². The van der Waals surface area contributed by atoms with E-state index < -0.39 is 0 Å². The maximum atomic E-state index is 12.6. The van der Waals surface area contributed by atoms with Crippen molar-refractivity contribution in [1.29, 1.82) is 0 Å². The molecule has 0 saturated heterocycles. The lowest BCUT2D eigenvalue weighted by atomic mass is 10.1. The Balaban J connectivity index is 1.86. The number of anilines is 1. The lowest BCUT2D eigenvalue weighted by Crippen LogP contribution is -2.13. The molecule has 1 N–H and O–H groups in total. The zero-order valence-electron chi connectivity index (χ0n) is 13.9. The van der Waals surface area contributed by atoms with Gasteiger partial charge >= 0.3 is 0 Å². The molecule has 7 heteroatoms. The van der Waals surface area contributed by atoms with Gasteiger partial charge in [-0.15, -0.1) is 0 Å². The Hall–Kier alpha value is -2.21. The summed E-state index contributed by atoms with van der Waals surface area (Å²) in [7, 11) is 3.41. The van der Waals surface area contributed by atoms with Crippen LogP contribution in [-0.2, 0) is 7.05 Å². The van der Waals surface area contributed by atoms with Crippen molar-refractivity contribution >= 4 is 23.2 Å². The van der Waals surface area contributed by atoms with Gasteiger partial charge in [-0.05, 0) is 31.9 Å². The van der Waals surface area contributed by atoms with E-state index in [0.717, 1.165) is 24.2 Å². The van der Waals surface area contributed by atoms with Crippen molar-refractivity contribution in [3.05, 3.63) is 34.6 Å². The van der Waals surface area contributed by atoms with E-state index in [1.54, 1.807) is 18.3 Å². The number of carbonyl (C=O) groups excluding carboxylic acids is 1. The monoisotopic (exact) mass is 349 g/mol. The molecular weight excluding hydrogens is 330 g/mol. The summed E-state index contributed by atoms with van der Waals surface area (Å²) in [4.78, 5) is 12.6. The largest absolute Gasteiger partial charge is 0.493 e. The van der Waals surface area contributed by atoms with Gasteiger partial charge in [-0.25, -0.2) is 0 Å². The standard InChI is InChI=1S/C17H20ClN3O3/c1-4-24-16-12(18)7-11(8-14(16)23-3)17(22)20-13-9-19-21(2)15(13)10-5-6-10/h7-10H,4-6H2,1-3H3,(H,20,22). The second-order valence-electron chi connectivity index (χ2n) is 5.72. The summed E-state index contributed by atoms with van der Waals surface area (Å²) in [6, 6.07) is 3.21. The highest BCUT2D eigenvalue weighted by Crippen LogP contribution is 2.43. The van der Waals surface area contributed by atoms with Gasteiger partial charge in [0.15, 0.2) is 11.5 Å². The fraction of sp³-hybridized carbons (Fsp3) is 0.412. The number of halogens is 1. The number of aromatic nitrogens is 2. The molecule has 1 aliphatic rings. The molecule has 24 heavy (non-hydrogen) atoms. The summed E-state index contributed by atoms with van der Waals surface area (Å²) in [5.74, 6) is 1.10. The number of aryl methyl sites for hydroxylation is 1. The maximum Gasteiger partial charge on any atom is 0.255 e. The molecule has 0 unspecified atom stereocenters. The van der Waals surface area contributed by atoms with E-state index in [2.05, 4.69) is 10.4 Å². The summed E-state index contributed by atoms with van der Waals surface area (Å²) in [6.45, 7) is 2.32. The van der Waals surface area contributed by atoms with Gasteiger partial charge in [-0.2, -0.15) is 5.10 Å². The molecule has 1 aliphatic carbocycles. The number of nitrogens with zero attached hydrogens (tertiary/aromatic N) is 2. The van der Waals surface area contributed by atoms with Crippen molar-refractivity contribution < 1.29 is 14.3 Å². The molecule has 0 bridgehead atoms.